The van der Waals surface area contributed by atoms with Crippen molar-refractivity contribution in [3.8, 4) is 27.9 Å². The van der Waals surface area contributed by atoms with E-state index in [1.165, 1.54) is 80.7 Å². The molecule has 0 aliphatic heterocycles. The van der Waals surface area contributed by atoms with Gasteiger partial charge in [-0.3, -0.25) is 0 Å². The number of hydrogen-bond acceptors (Lipinski definition) is 1. The van der Waals surface area contributed by atoms with E-state index in [1.807, 2.05) is 11.3 Å². The van der Waals surface area contributed by atoms with Crippen LogP contribution in [-0.2, 0) is 0 Å². The molecule has 166 valence electrons. The summed E-state index contributed by atoms with van der Waals surface area (Å²) in [5.74, 6) is 0. The second kappa shape index (κ2) is 6.63. The molecule has 0 fully saturated rings. The van der Waals surface area contributed by atoms with Gasteiger partial charge in [0.15, 0.2) is 0 Å². The predicted molar refractivity (Wildman–Crippen MR) is 156 cm³/mol. The average Bonchev–Trinajstić information content (AvgIpc) is 3.58. The van der Waals surface area contributed by atoms with E-state index >= 15 is 0 Å². The van der Waals surface area contributed by atoms with Gasteiger partial charge in [0.25, 0.3) is 0 Å². The third kappa shape index (κ3) is 2.26. The Bertz CT molecular complexity index is 2200. The van der Waals surface area contributed by atoms with Crippen molar-refractivity contribution < 1.29 is 0 Å². The highest BCUT2D eigenvalue weighted by atomic mass is 32.1. The zero-order chi connectivity index (χ0) is 23.4. The molecule has 0 saturated heterocycles. The Morgan fingerprint density at radius 3 is 2.14 bits per heavy atom. The molecule has 0 unspecified atom stereocenters. The first-order chi connectivity index (χ1) is 17.9. The summed E-state index contributed by atoms with van der Waals surface area (Å²) in [7, 11) is 0. The van der Waals surface area contributed by atoms with Crippen molar-refractivity contribution in [2.75, 3.05) is 0 Å². The summed E-state index contributed by atoms with van der Waals surface area (Å²) in [4.78, 5) is 0. The summed E-state index contributed by atoms with van der Waals surface area (Å²) in [6, 6.07) is 42.6. The maximum atomic E-state index is 2.46. The quantitative estimate of drug-likeness (QED) is 0.223. The van der Waals surface area contributed by atoms with E-state index in [2.05, 4.69) is 120 Å². The molecule has 36 heavy (non-hydrogen) atoms. The van der Waals surface area contributed by atoms with Crippen molar-refractivity contribution in [2.45, 2.75) is 0 Å². The number of nitrogens with zero attached hydrogens (tertiary/aromatic N) is 1. The smallest absolute Gasteiger partial charge is 0.0555 e. The lowest BCUT2D eigenvalue weighted by molar-refractivity contribution is 1.18. The van der Waals surface area contributed by atoms with Gasteiger partial charge in [0.1, 0.15) is 0 Å². The Hall–Kier alpha value is -4.40. The third-order valence-electron chi connectivity index (χ3n) is 7.93. The molecule has 9 rings (SSSR count). The van der Waals surface area contributed by atoms with E-state index in [1.54, 1.807) is 0 Å². The Kier molecular flexibility index (Phi) is 3.47. The molecular weight excluding hydrogens is 454 g/mol. The molecule has 8 aromatic rings. The summed E-state index contributed by atoms with van der Waals surface area (Å²) in [6.45, 7) is 0. The SMILES string of the molecule is c1cc2c3c(cccc3c1)-c1cc(-n3c4ccccc4c4c5sc6ccccc6c5ccc43)ccc1-2. The minimum absolute atomic E-state index is 1.21. The van der Waals surface area contributed by atoms with Crippen LogP contribution in [0.2, 0.25) is 0 Å². The van der Waals surface area contributed by atoms with Crippen LogP contribution in [0.25, 0.3) is 80.7 Å². The van der Waals surface area contributed by atoms with Crippen LogP contribution in [0.3, 0.4) is 0 Å². The number of para-hydroxylation sites is 1. The second-order valence-electron chi connectivity index (χ2n) is 9.73. The van der Waals surface area contributed by atoms with Crippen molar-refractivity contribution in [1.29, 1.82) is 0 Å². The molecular formula is C34H19NS. The van der Waals surface area contributed by atoms with Crippen LogP contribution < -0.4 is 0 Å². The fraction of sp³-hybridized carbons (Fsp3) is 0. The van der Waals surface area contributed by atoms with Gasteiger partial charge in [-0.05, 0) is 63.4 Å². The molecule has 2 heteroatoms. The van der Waals surface area contributed by atoms with Crippen molar-refractivity contribution in [3.63, 3.8) is 0 Å². The first kappa shape index (κ1) is 18.9. The number of fused-ring (bicyclic) bond motifs is 10. The average molecular weight is 474 g/mol. The Morgan fingerprint density at radius 1 is 0.472 bits per heavy atom. The van der Waals surface area contributed by atoms with Crippen LogP contribution in [0, 0.1) is 0 Å². The highest BCUT2D eigenvalue weighted by Gasteiger charge is 2.23. The summed E-state index contributed by atoms with van der Waals surface area (Å²) < 4.78 is 5.18. The number of benzene rings is 6. The van der Waals surface area contributed by atoms with Crippen LogP contribution >= 0.6 is 11.3 Å². The predicted octanol–water partition coefficient (Wildman–Crippen LogP) is 9.95. The van der Waals surface area contributed by atoms with Gasteiger partial charge in [-0.15, -0.1) is 11.3 Å². The number of thiophene rings is 1. The van der Waals surface area contributed by atoms with Crippen molar-refractivity contribution >= 4 is 64.1 Å². The maximum Gasteiger partial charge on any atom is 0.0555 e. The van der Waals surface area contributed by atoms with Gasteiger partial charge < -0.3 is 4.57 Å². The standard InChI is InChI=1S/C34H19NS/c1-3-13-29-27(10-1)33-30(18-17-26-23-9-2-4-14-31(23)36-34(26)33)35(29)21-15-16-22-24-11-5-7-20-8-6-12-25(32(20)24)28(22)19-21/h1-19H. The van der Waals surface area contributed by atoms with Crippen molar-refractivity contribution in [1.82, 2.24) is 4.57 Å². The lowest BCUT2D eigenvalue weighted by Gasteiger charge is -2.11. The Morgan fingerprint density at radius 2 is 1.25 bits per heavy atom. The highest BCUT2D eigenvalue weighted by molar-refractivity contribution is 7.26. The number of rotatable bonds is 1. The molecule has 6 aromatic carbocycles. The van der Waals surface area contributed by atoms with Gasteiger partial charge in [0.05, 0.1) is 11.0 Å². The van der Waals surface area contributed by atoms with E-state index in [4.69, 9.17) is 0 Å². The lowest BCUT2D eigenvalue weighted by Crippen LogP contribution is -1.94. The second-order valence-corrected chi connectivity index (χ2v) is 10.8. The highest BCUT2D eigenvalue weighted by Crippen LogP contribution is 2.49. The summed E-state index contributed by atoms with van der Waals surface area (Å²) >= 11 is 1.91. The Balaban J connectivity index is 1.39. The molecule has 0 amide bonds. The van der Waals surface area contributed by atoms with Gasteiger partial charge >= 0.3 is 0 Å². The molecule has 0 spiro atoms. The van der Waals surface area contributed by atoms with Gasteiger partial charge in [0, 0.05) is 36.6 Å². The zero-order valence-electron chi connectivity index (χ0n) is 19.3. The largest absolute Gasteiger partial charge is 0.309 e. The maximum absolute atomic E-state index is 2.46. The molecule has 0 radical (unpaired) electrons. The van der Waals surface area contributed by atoms with Gasteiger partial charge in [0.2, 0.25) is 0 Å². The van der Waals surface area contributed by atoms with E-state index in [0.717, 1.165) is 0 Å². The van der Waals surface area contributed by atoms with Crippen LogP contribution in [0.15, 0.2) is 115 Å². The van der Waals surface area contributed by atoms with E-state index < -0.39 is 0 Å². The molecule has 1 nitrogen and oxygen atoms in total. The van der Waals surface area contributed by atoms with Gasteiger partial charge in [-0.2, -0.15) is 0 Å². The monoisotopic (exact) mass is 473 g/mol. The number of aromatic nitrogens is 1. The first-order valence-corrected chi connectivity index (χ1v) is 13.2. The van der Waals surface area contributed by atoms with E-state index in [9.17, 15) is 0 Å². The van der Waals surface area contributed by atoms with E-state index in [0.29, 0.717) is 0 Å². The topological polar surface area (TPSA) is 4.93 Å². The fourth-order valence-corrected chi connectivity index (χ4v) is 7.69. The van der Waals surface area contributed by atoms with Crippen LogP contribution in [-0.4, -0.2) is 4.57 Å². The molecule has 1 aliphatic carbocycles. The zero-order valence-corrected chi connectivity index (χ0v) is 20.1. The first-order valence-electron chi connectivity index (χ1n) is 12.4. The van der Waals surface area contributed by atoms with Crippen LogP contribution in [0.1, 0.15) is 0 Å². The fourth-order valence-electron chi connectivity index (χ4n) is 6.43. The molecule has 0 bridgehead atoms. The minimum atomic E-state index is 1.21. The lowest BCUT2D eigenvalue weighted by atomic mass is 10.0. The van der Waals surface area contributed by atoms with E-state index in [-0.39, 0.29) is 0 Å². The van der Waals surface area contributed by atoms with Crippen LogP contribution in [0.5, 0.6) is 0 Å². The minimum Gasteiger partial charge on any atom is -0.309 e. The van der Waals surface area contributed by atoms with Gasteiger partial charge in [-0.25, -0.2) is 0 Å². The third-order valence-corrected chi connectivity index (χ3v) is 9.13. The molecule has 2 aromatic heterocycles. The normalized spacial score (nSPS) is 12.4. The molecule has 1 aliphatic rings. The Labute approximate surface area is 211 Å². The molecule has 0 atom stereocenters. The van der Waals surface area contributed by atoms with Crippen molar-refractivity contribution in [3.05, 3.63) is 115 Å². The summed E-state index contributed by atoms with van der Waals surface area (Å²) in [5, 5.41) is 8.06. The van der Waals surface area contributed by atoms with Crippen molar-refractivity contribution in [2.24, 2.45) is 0 Å². The summed E-state index contributed by atoms with van der Waals surface area (Å²) in [5.41, 5.74) is 9.08. The number of hydrogen-bond donors (Lipinski definition) is 0. The van der Waals surface area contributed by atoms with Crippen LogP contribution in [0.4, 0.5) is 0 Å². The summed E-state index contributed by atoms with van der Waals surface area (Å²) in [6.07, 6.45) is 0. The molecule has 0 saturated carbocycles. The van der Waals surface area contributed by atoms with Gasteiger partial charge in [-0.1, -0.05) is 84.9 Å². The molecule has 2 heterocycles. The molecule has 0 N–H and O–H groups in total.